The summed E-state index contributed by atoms with van der Waals surface area (Å²) < 4.78 is 56.4. The van der Waals surface area contributed by atoms with Crippen molar-refractivity contribution in [2.24, 2.45) is 0 Å². The topological polar surface area (TPSA) is 58.4 Å². The van der Waals surface area contributed by atoms with Crippen molar-refractivity contribution in [3.05, 3.63) is 47.4 Å². The third kappa shape index (κ3) is 4.43. The summed E-state index contributed by atoms with van der Waals surface area (Å²) in [6.45, 7) is 0.909. The SMILES string of the molecule is COc1cc(-c2nc(-c3cc(C)nc(C)c3)c3n2C[C@@H](CF)OCC3)ccc1OC(F)F. The Kier molecular flexibility index (Phi) is 6.36. The van der Waals surface area contributed by atoms with Gasteiger partial charge in [-0.2, -0.15) is 8.78 Å². The lowest BCUT2D eigenvalue weighted by Gasteiger charge is -2.15. The monoisotopic (exact) mass is 447 g/mol. The largest absolute Gasteiger partial charge is 0.493 e. The van der Waals surface area contributed by atoms with Gasteiger partial charge in [-0.05, 0) is 44.2 Å². The standard InChI is InChI=1S/C23H24F3N3O3/c1-13-8-16(9-14(2)27-13)21-18-6-7-31-17(11-24)12-29(18)22(28-21)15-4-5-19(32-23(25)26)20(10-15)30-3/h4-5,8-10,17,23H,6-7,11-12H2,1-3H3/t17-/m1/s1. The molecule has 1 aliphatic heterocycles. The highest BCUT2D eigenvalue weighted by molar-refractivity contribution is 5.70. The van der Waals surface area contributed by atoms with Crippen LogP contribution in [0.3, 0.4) is 0 Å². The first-order valence-corrected chi connectivity index (χ1v) is 10.3. The predicted octanol–water partition coefficient (Wildman–Crippen LogP) is 4.75. The maximum Gasteiger partial charge on any atom is 0.387 e. The van der Waals surface area contributed by atoms with Gasteiger partial charge in [0.2, 0.25) is 0 Å². The summed E-state index contributed by atoms with van der Waals surface area (Å²) in [6, 6.07) is 8.56. The molecule has 9 heteroatoms. The van der Waals surface area contributed by atoms with E-state index in [1.165, 1.54) is 13.2 Å². The summed E-state index contributed by atoms with van der Waals surface area (Å²) in [5, 5.41) is 0. The van der Waals surface area contributed by atoms with Gasteiger partial charge in [0.15, 0.2) is 11.5 Å². The molecule has 32 heavy (non-hydrogen) atoms. The van der Waals surface area contributed by atoms with Gasteiger partial charge < -0.3 is 18.8 Å². The van der Waals surface area contributed by atoms with Gasteiger partial charge in [-0.15, -0.1) is 0 Å². The second-order valence-corrected chi connectivity index (χ2v) is 7.62. The number of hydrogen-bond donors (Lipinski definition) is 0. The smallest absolute Gasteiger partial charge is 0.387 e. The van der Waals surface area contributed by atoms with Crippen molar-refractivity contribution in [1.29, 1.82) is 0 Å². The predicted molar refractivity (Wildman–Crippen MR) is 113 cm³/mol. The van der Waals surface area contributed by atoms with Crippen LogP contribution in [0.5, 0.6) is 11.5 Å². The van der Waals surface area contributed by atoms with E-state index in [0.29, 0.717) is 24.4 Å². The molecular formula is C23H24F3N3O3. The lowest BCUT2D eigenvalue weighted by molar-refractivity contribution is -0.0512. The number of pyridine rings is 1. The third-order valence-electron chi connectivity index (χ3n) is 5.32. The van der Waals surface area contributed by atoms with E-state index in [-0.39, 0.29) is 18.0 Å². The molecular weight excluding hydrogens is 423 g/mol. The number of alkyl halides is 3. The molecule has 0 fully saturated rings. The van der Waals surface area contributed by atoms with Crippen molar-refractivity contribution in [3.63, 3.8) is 0 Å². The van der Waals surface area contributed by atoms with Gasteiger partial charge >= 0.3 is 6.61 Å². The van der Waals surface area contributed by atoms with Gasteiger partial charge in [-0.3, -0.25) is 4.98 Å². The Bertz CT molecular complexity index is 1100. The summed E-state index contributed by atoms with van der Waals surface area (Å²) >= 11 is 0. The number of ether oxygens (including phenoxy) is 3. The average molecular weight is 447 g/mol. The molecule has 0 unspecified atom stereocenters. The fourth-order valence-corrected chi connectivity index (χ4v) is 4.03. The number of imidazole rings is 1. The van der Waals surface area contributed by atoms with Crippen molar-refractivity contribution in [3.8, 4) is 34.1 Å². The lowest BCUT2D eigenvalue weighted by Crippen LogP contribution is -2.21. The number of benzene rings is 1. The molecule has 170 valence electrons. The molecule has 0 spiro atoms. The van der Waals surface area contributed by atoms with Gasteiger partial charge in [0.1, 0.15) is 18.6 Å². The van der Waals surface area contributed by atoms with E-state index in [4.69, 9.17) is 14.5 Å². The van der Waals surface area contributed by atoms with E-state index in [2.05, 4.69) is 9.72 Å². The number of methoxy groups -OCH3 is 1. The van der Waals surface area contributed by atoms with Gasteiger partial charge in [-0.25, -0.2) is 9.37 Å². The maximum absolute atomic E-state index is 13.5. The molecule has 0 aliphatic carbocycles. The lowest BCUT2D eigenvalue weighted by atomic mass is 10.1. The Morgan fingerprint density at radius 2 is 1.84 bits per heavy atom. The van der Waals surface area contributed by atoms with Gasteiger partial charge in [0.05, 0.1) is 26.0 Å². The second-order valence-electron chi connectivity index (χ2n) is 7.62. The number of fused-ring (bicyclic) bond motifs is 1. The van der Waals surface area contributed by atoms with E-state index < -0.39 is 19.4 Å². The third-order valence-corrected chi connectivity index (χ3v) is 5.32. The fourth-order valence-electron chi connectivity index (χ4n) is 4.03. The van der Waals surface area contributed by atoms with E-state index in [1.54, 1.807) is 12.1 Å². The first-order chi connectivity index (χ1) is 15.4. The number of nitrogens with zero attached hydrogens (tertiary/aromatic N) is 3. The Hall–Kier alpha value is -3.07. The summed E-state index contributed by atoms with van der Waals surface area (Å²) in [5.74, 6) is 0.664. The van der Waals surface area contributed by atoms with Crippen LogP contribution in [0.15, 0.2) is 30.3 Å². The van der Waals surface area contributed by atoms with Gasteiger partial charge in [-0.1, -0.05) is 0 Å². The molecule has 0 saturated carbocycles. The molecule has 4 rings (SSSR count). The molecule has 1 aromatic carbocycles. The molecule has 1 atom stereocenters. The van der Waals surface area contributed by atoms with Crippen LogP contribution >= 0.6 is 0 Å². The highest BCUT2D eigenvalue weighted by Gasteiger charge is 2.26. The average Bonchev–Trinajstić information content (AvgIpc) is 2.96. The Morgan fingerprint density at radius 3 is 2.50 bits per heavy atom. The maximum atomic E-state index is 13.5. The zero-order valence-electron chi connectivity index (χ0n) is 18.1. The minimum atomic E-state index is -2.97. The number of hydrogen-bond acceptors (Lipinski definition) is 5. The van der Waals surface area contributed by atoms with E-state index in [9.17, 15) is 13.2 Å². The molecule has 3 aromatic rings. The molecule has 6 nitrogen and oxygen atoms in total. The van der Waals surface area contributed by atoms with Crippen molar-refractivity contribution in [2.75, 3.05) is 20.4 Å². The molecule has 2 aromatic heterocycles. The normalized spacial score (nSPS) is 16.0. The highest BCUT2D eigenvalue weighted by Crippen LogP contribution is 2.37. The summed E-state index contributed by atoms with van der Waals surface area (Å²) in [5.41, 5.74) is 4.97. The summed E-state index contributed by atoms with van der Waals surface area (Å²) in [6.07, 6.45) is -0.0375. The number of aryl methyl sites for hydroxylation is 2. The Labute approximate surface area is 184 Å². The summed E-state index contributed by atoms with van der Waals surface area (Å²) in [4.78, 5) is 9.34. The molecule has 0 amide bonds. The first-order valence-electron chi connectivity index (χ1n) is 10.3. The molecule has 1 aliphatic rings. The molecule has 0 saturated heterocycles. The Morgan fingerprint density at radius 1 is 1.09 bits per heavy atom. The minimum absolute atomic E-state index is 0.0699. The Balaban J connectivity index is 1.88. The zero-order valence-corrected chi connectivity index (χ0v) is 18.1. The number of halogens is 3. The van der Waals surface area contributed by atoms with Crippen molar-refractivity contribution < 1.29 is 27.4 Å². The number of rotatable bonds is 6. The fraction of sp³-hybridized carbons (Fsp3) is 0.391. The minimum Gasteiger partial charge on any atom is -0.493 e. The quantitative estimate of drug-likeness (QED) is 0.546. The van der Waals surface area contributed by atoms with Crippen LogP contribution in [0, 0.1) is 13.8 Å². The van der Waals surface area contributed by atoms with Crippen LogP contribution in [-0.4, -0.2) is 47.6 Å². The summed E-state index contributed by atoms with van der Waals surface area (Å²) in [7, 11) is 1.38. The first kappa shape index (κ1) is 22.1. The van der Waals surface area contributed by atoms with Gasteiger partial charge in [0.25, 0.3) is 0 Å². The highest BCUT2D eigenvalue weighted by atomic mass is 19.3. The van der Waals surface area contributed by atoms with Crippen molar-refractivity contribution in [2.45, 2.75) is 39.5 Å². The molecule has 0 N–H and O–H groups in total. The molecule has 0 radical (unpaired) electrons. The van der Waals surface area contributed by atoms with E-state index in [1.807, 2.05) is 30.5 Å². The van der Waals surface area contributed by atoms with E-state index >= 15 is 0 Å². The number of aromatic nitrogens is 3. The van der Waals surface area contributed by atoms with Crippen LogP contribution in [-0.2, 0) is 17.7 Å². The molecule has 0 bridgehead atoms. The second kappa shape index (κ2) is 9.20. The van der Waals surface area contributed by atoms with Crippen molar-refractivity contribution >= 4 is 0 Å². The van der Waals surface area contributed by atoms with Gasteiger partial charge in [0, 0.05) is 34.6 Å². The van der Waals surface area contributed by atoms with E-state index in [0.717, 1.165) is 28.3 Å². The van der Waals surface area contributed by atoms with Crippen LogP contribution < -0.4 is 9.47 Å². The van der Waals surface area contributed by atoms with Crippen molar-refractivity contribution in [1.82, 2.24) is 14.5 Å². The van der Waals surface area contributed by atoms with Crippen LogP contribution in [0.2, 0.25) is 0 Å². The van der Waals surface area contributed by atoms with Crippen LogP contribution in [0.4, 0.5) is 13.2 Å². The van der Waals surface area contributed by atoms with Crippen LogP contribution in [0.1, 0.15) is 17.1 Å². The zero-order chi connectivity index (χ0) is 22.8. The van der Waals surface area contributed by atoms with Crippen LogP contribution in [0.25, 0.3) is 22.6 Å². The molecule has 3 heterocycles.